The average Bonchev–Trinajstić information content (AvgIpc) is 2.64. The van der Waals surface area contributed by atoms with E-state index >= 15 is 0 Å². The van der Waals surface area contributed by atoms with Gasteiger partial charge in [0.05, 0.1) is 11.8 Å². The second kappa shape index (κ2) is 3.84. The Morgan fingerprint density at radius 2 is 1.93 bits per heavy atom. The summed E-state index contributed by atoms with van der Waals surface area (Å²) >= 11 is 0. The summed E-state index contributed by atoms with van der Waals surface area (Å²) in [6.07, 6.45) is 8.93. The number of hydrogen-bond donors (Lipinski definition) is 0. The molecule has 2 rings (SSSR count). The molecule has 0 atom stereocenters. The number of ketones is 1. The zero-order valence-corrected chi connectivity index (χ0v) is 9.51. The van der Waals surface area contributed by atoms with E-state index in [-0.39, 0.29) is 11.2 Å². The topological polar surface area (TPSA) is 30.2 Å². The maximum absolute atomic E-state index is 12.3. The maximum Gasteiger partial charge on any atom is 0.172 e. The van der Waals surface area contributed by atoms with Crippen molar-refractivity contribution < 1.29 is 9.21 Å². The molecule has 0 N–H and O–H groups in total. The Bertz CT molecular complexity index is 356. The predicted molar refractivity (Wildman–Crippen MR) is 59.0 cm³/mol. The van der Waals surface area contributed by atoms with Crippen LogP contribution in [0.3, 0.4) is 0 Å². The Hall–Kier alpha value is -1.05. The number of carbonyl (C=O) groups excluding carboxylic acids is 1. The third-order valence-corrected chi connectivity index (χ3v) is 3.61. The molecule has 0 spiro atoms. The molecule has 1 fully saturated rings. The molecule has 0 bridgehead atoms. The number of aryl methyl sites for hydroxylation is 1. The van der Waals surface area contributed by atoms with Crippen LogP contribution in [0.4, 0.5) is 0 Å². The first-order valence-corrected chi connectivity index (χ1v) is 5.71. The first kappa shape index (κ1) is 10.5. The van der Waals surface area contributed by atoms with Gasteiger partial charge in [-0.25, -0.2) is 0 Å². The fraction of sp³-hybridized carbons (Fsp3) is 0.615. The van der Waals surface area contributed by atoms with Crippen molar-refractivity contribution in [2.75, 3.05) is 0 Å². The summed E-state index contributed by atoms with van der Waals surface area (Å²) in [6, 6.07) is 0. The quantitative estimate of drug-likeness (QED) is 0.690. The SMILES string of the molecule is Cc1cocc1C(=O)C1(C)CCCCC1. The van der Waals surface area contributed by atoms with Gasteiger partial charge in [0.15, 0.2) is 5.78 Å². The molecule has 0 amide bonds. The molecule has 0 radical (unpaired) electrons. The lowest BCUT2D eigenvalue weighted by atomic mass is 9.71. The van der Waals surface area contributed by atoms with Crippen molar-refractivity contribution in [3.8, 4) is 0 Å². The van der Waals surface area contributed by atoms with Gasteiger partial charge in [0.2, 0.25) is 0 Å². The van der Waals surface area contributed by atoms with E-state index in [0.717, 1.165) is 24.0 Å². The smallest absolute Gasteiger partial charge is 0.172 e. The predicted octanol–water partition coefficient (Wildman–Crippen LogP) is 3.74. The highest BCUT2D eigenvalue weighted by Gasteiger charge is 2.36. The van der Waals surface area contributed by atoms with Gasteiger partial charge < -0.3 is 4.42 Å². The van der Waals surface area contributed by atoms with E-state index in [1.807, 2.05) is 6.92 Å². The Morgan fingerprint density at radius 1 is 1.27 bits per heavy atom. The molecule has 2 heteroatoms. The van der Waals surface area contributed by atoms with Gasteiger partial charge in [-0.2, -0.15) is 0 Å². The lowest BCUT2D eigenvalue weighted by Crippen LogP contribution is -2.30. The molecule has 1 saturated carbocycles. The summed E-state index contributed by atoms with van der Waals surface area (Å²) in [5, 5.41) is 0. The van der Waals surface area contributed by atoms with E-state index in [1.54, 1.807) is 12.5 Å². The van der Waals surface area contributed by atoms with Gasteiger partial charge >= 0.3 is 0 Å². The van der Waals surface area contributed by atoms with Crippen LogP contribution in [-0.4, -0.2) is 5.78 Å². The van der Waals surface area contributed by atoms with Crippen LogP contribution >= 0.6 is 0 Å². The van der Waals surface area contributed by atoms with Crippen molar-refractivity contribution in [1.82, 2.24) is 0 Å². The molecule has 0 aromatic carbocycles. The largest absolute Gasteiger partial charge is 0.472 e. The summed E-state index contributed by atoms with van der Waals surface area (Å²) in [5.41, 5.74) is 1.60. The minimum Gasteiger partial charge on any atom is -0.472 e. The molecule has 0 saturated heterocycles. The lowest BCUT2D eigenvalue weighted by molar-refractivity contribution is 0.0748. The first-order valence-electron chi connectivity index (χ1n) is 5.71. The van der Waals surface area contributed by atoms with Crippen LogP contribution < -0.4 is 0 Å². The van der Waals surface area contributed by atoms with Crippen molar-refractivity contribution >= 4 is 5.78 Å². The number of furan rings is 1. The lowest BCUT2D eigenvalue weighted by Gasteiger charge is -2.31. The molecule has 1 aromatic rings. The monoisotopic (exact) mass is 206 g/mol. The molecule has 2 nitrogen and oxygen atoms in total. The third kappa shape index (κ3) is 1.85. The van der Waals surface area contributed by atoms with Gasteiger partial charge in [-0.15, -0.1) is 0 Å². The molecule has 15 heavy (non-hydrogen) atoms. The van der Waals surface area contributed by atoms with Crippen molar-refractivity contribution in [2.24, 2.45) is 5.41 Å². The highest BCUT2D eigenvalue weighted by atomic mass is 16.3. The van der Waals surface area contributed by atoms with Crippen LogP contribution in [0, 0.1) is 12.3 Å². The summed E-state index contributed by atoms with van der Waals surface area (Å²) < 4.78 is 5.08. The van der Waals surface area contributed by atoms with E-state index in [9.17, 15) is 4.79 Å². The van der Waals surface area contributed by atoms with E-state index in [4.69, 9.17) is 4.42 Å². The molecule has 1 aliphatic carbocycles. The number of hydrogen-bond acceptors (Lipinski definition) is 2. The van der Waals surface area contributed by atoms with Crippen LogP contribution in [0.25, 0.3) is 0 Å². The van der Waals surface area contributed by atoms with E-state index in [0.29, 0.717) is 0 Å². The number of carbonyl (C=O) groups is 1. The molecule has 82 valence electrons. The molecule has 1 heterocycles. The molecule has 0 aliphatic heterocycles. The van der Waals surface area contributed by atoms with Crippen molar-refractivity contribution in [1.29, 1.82) is 0 Å². The summed E-state index contributed by atoms with van der Waals surface area (Å²) in [4.78, 5) is 12.3. The third-order valence-electron chi connectivity index (χ3n) is 3.61. The van der Waals surface area contributed by atoms with Crippen LogP contribution in [0.2, 0.25) is 0 Å². The Kier molecular flexibility index (Phi) is 2.68. The highest BCUT2D eigenvalue weighted by molar-refractivity contribution is 6.01. The van der Waals surface area contributed by atoms with Crippen LogP contribution in [0.5, 0.6) is 0 Å². The second-order valence-corrected chi connectivity index (χ2v) is 4.92. The number of rotatable bonds is 2. The van der Waals surface area contributed by atoms with Crippen molar-refractivity contribution in [3.05, 3.63) is 23.7 Å². The zero-order valence-electron chi connectivity index (χ0n) is 9.51. The van der Waals surface area contributed by atoms with Gasteiger partial charge in [-0.05, 0) is 25.3 Å². The van der Waals surface area contributed by atoms with Gasteiger partial charge in [-0.3, -0.25) is 4.79 Å². The Morgan fingerprint density at radius 3 is 2.47 bits per heavy atom. The second-order valence-electron chi connectivity index (χ2n) is 4.92. The van der Waals surface area contributed by atoms with Crippen molar-refractivity contribution in [2.45, 2.75) is 46.0 Å². The van der Waals surface area contributed by atoms with Crippen LogP contribution in [0.15, 0.2) is 16.9 Å². The van der Waals surface area contributed by atoms with Gasteiger partial charge in [0, 0.05) is 5.41 Å². The van der Waals surface area contributed by atoms with Gasteiger partial charge in [-0.1, -0.05) is 26.2 Å². The summed E-state index contributed by atoms with van der Waals surface area (Å²) in [7, 11) is 0. The molecular formula is C13H18O2. The molecular weight excluding hydrogens is 188 g/mol. The normalized spacial score (nSPS) is 20.1. The van der Waals surface area contributed by atoms with E-state index in [1.165, 1.54) is 19.3 Å². The Labute approximate surface area is 90.7 Å². The average molecular weight is 206 g/mol. The maximum atomic E-state index is 12.3. The molecule has 1 aromatic heterocycles. The standard InChI is InChI=1S/C13H18O2/c1-10-8-15-9-11(10)12(14)13(2)6-4-3-5-7-13/h8-9H,3-7H2,1-2H3. The fourth-order valence-corrected chi connectivity index (χ4v) is 2.48. The minimum atomic E-state index is -0.146. The first-order chi connectivity index (χ1) is 7.13. The summed E-state index contributed by atoms with van der Waals surface area (Å²) in [6.45, 7) is 4.03. The summed E-state index contributed by atoms with van der Waals surface area (Å²) in [5.74, 6) is 0.272. The van der Waals surface area contributed by atoms with E-state index in [2.05, 4.69) is 6.92 Å². The number of Topliss-reactive ketones (excluding diaryl/α,β-unsaturated/α-hetero) is 1. The van der Waals surface area contributed by atoms with E-state index < -0.39 is 0 Å². The van der Waals surface area contributed by atoms with Crippen molar-refractivity contribution in [3.63, 3.8) is 0 Å². The molecule has 1 aliphatic rings. The minimum absolute atomic E-state index is 0.146. The molecule has 0 unspecified atom stereocenters. The zero-order chi connectivity index (χ0) is 10.9. The van der Waals surface area contributed by atoms with Gasteiger partial charge in [0.1, 0.15) is 6.26 Å². The van der Waals surface area contributed by atoms with Crippen LogP contribution in [0.1, 0.15) is 54.9 Å². The highest BCUT2D eigenvalue weighted by Crippen LogP contribution is 2.39. The van der Waals surface area contributed by atoms with Gasteiger partial charge in [0.25, 0.3) is 0 Å². The van der Waals surface area contributed by atoms with Crippen LogP contribution in [-0.2, 0) is 0 Å². The Balaban J connectivity index is 2.23. The fourth-order valence-electron chi connectivity index (χ4n) is 2.48.